The molecule has 0 fully saturated rings. The van der Waals surface area contributed by atoms with Gasteiger partial charge in [-0.15, -0.1) is 0 Å². The van der Waals surface area contributed by atoms with Gasteiger partial charge in [0.2, 0.25) is 0 Å². The van der Waals surface area contributed by atoms with Gasteiger partial charge in [-0.1, -0.05) is 35.4 Å². The van der Waals surface area contributed by atoms with Crippen molar-refractivity contribution in [3.8, 4) is 0 Å². The lowest BCUT2D eigenvalue weighted by Crippen LogP contribution is -2.14. The second-order valence-corrected chi connectivity index (χ2v) is 5.79. The molecule has 4 heteroatoms. The van der Waals surface area contributed by atoms with Gasteiger partial charge in [0, 0.05) is 23.4 Å². The molecule has 1 rings (SSSR count). The van der Waals surface area contributed by atoms with Crippen molar-refractivity contribution in [2.45, 2.75) is 32.2 Å². The van der Waals surface area contributed by atoms with Gasteiger partial charge >= 0.3 is 0 Å². The molecule has 0 aliphatic heterocycles. The van der Waals surface area contributed by atoms with Crippen LogP contribution in [0.15, 0.2) is 22.9 Å². The van der Waals surface area contributed by atoms with Crippen LogP contribution in [0.4, 0.5) is 0 Å². The minimum Gasteiger partial charge on any atom is -0.313 e. The Labute approximate surface area is 120 Å². The van der Waals surface area contributed by atoms with E-state index in [2.05, 4.69) is 54.9 Å². The zero-order valence-electron chi connectivity index (χ0n) is 9.38. The molecule has 0 spiro atoms. The second-order valence-electron chi connectivity index (χ2n) is 3.79. The maximum atomic E-state index is 4.14. The molecule has 1 aromatic rings. The molecule has 0 aromatic carbocycles. The maximum Gasteiger partial charge on any atom is 0.0410 e. The normalized spacial score (nSPS) is 10.6. The van der Waals surface area contributed by atoms with Gasteiger partial charge in [0.1, 0.15) is 0 Å². The van der Waals surface area contributed by atoms with E-state index >= 15 is 0 Å². The Kier molecular flexibility index (Phi) is 8.41. The van der Waals surface area contributed by atoms with Crippen molar-refractivity contribution in [1.29, 1.82) is 0 Å². The van der Waals surface area contributed by atoms with Crippen LogP contribution in [0.2, 0.25) is 0 Å². The molecule has 0 aliphatic rings. The third kappa shape index (κ3) is 6.81. The highest BCUT2D eigenvalue weighted by Crippen LogP contribution is 2.09. The summed E-state index contributed by atoms with van der Waals surface area (Å²) >= 11 is 5.86. The summed E-state index contributed by atoms with van der Waals surface area (Å²) in [4.78, 5) is 4.14. The SMILES string of the molecule is Brc1cncc(CNCCCCCCI)c1. The van der Waals surface area contributed by atoms with E-state index in [4.69, 9.17) is 0 Å². The summed E-state index contributed by atoms with van der Waals surface area (Å²) in [6.07, 6.45) is 9.06. The molecular formula is C12H18BrIN2. The van der Waals surface area contributed by atoms with Crippen LogP contribution in [-0.4, -0.2) is 16.0 Å². The molecule has 16 heavy (non-hydrogen) atoms. The molecule has 0 aliphatic carbocycles. The van der Waals surface area contributed by atoms with E-state index in [1.54, 1.807) is 0 Å². The van der Waals surface area contributed by atoms with Gasteiger partial charge in [-0.3, -0.25) is 4.98 Å². The minimum atomic E-state index is 0.915. The summed E-state index contributed by atoms with van der Waals surface area (Å²) in [5.74, 6) is 0. The van der Waals surface area contributed by atoms with E-state index < -0.39 is 0 Å². The Hall–Kier alpha value is 0.320. The third-order valence-electron chi connectivity index (χ3n) is 2.33. The highest BCUT2D eigenvalue weighted by atomic mass is 127. The monoisotopic (exact) mass is 396 g/mol. The fourth-order valence-electron chi connectivity index (χ4n) is 1.48. The van der Waals surface area contributed by atoms with Crippen LogP contribution in [0.25, 0.3) is 0 Å². The number of hydrogen-bond acceptors (Lipinski definition) is 2. The first-order valence-corrected chi connectivity index (χ1v) is 8.01. The molecule has 2 nitrogen and oxygen atoms in total. The van der Waals surface area contributed by atoms with Crippen LogP contribution in [0.3, 0.4) is 0 Å². The Morgan fingerprint density at radius 3 is 2.75 bits per heavy atom. The first-order chi connectivity index (χ1) is 7.83. The fraction of sp³-hybridized carbons (Fsp3) is 0.583. The van der Waals surface area contributed by atoms with Crippen molar-refractivity contribution in [1.82, 2.24) is 10.3 Å². The van der Waals surface area contributed by atoms with Gasteiger partial charge < -0.3 is 5.32 Å². The average Bonchev–Trinajstić information content (AvgIpc) is 2.28. The molecule has 0 radical (unpaired) electrons. The van der Waals surface area contributed by atoms with Crippen molar-refractivity contribution in [3.63, 3.8) is 0 Å². The van der Waals surface area contributed by atoms with Gasteiger partial charge in [-0.05, 0) is 51.4 Å². The Balaban J connectivity index is 2.03. The van der Waals surface area contributed by atoms with Gasteiger partial charge in [-0.2, -0.15) is 0 Å². The van der Waals surface area contributed by atoms with Gasteiger partial charge in [0.15, 0.2) is 0 Å². The average molecular weight is 397 g/mol. The van der Waals surface area contributed by atoms with E-state index in [9.17, 15) is 0 Å². The molecule has 1 heterocycles. The summed E-state index contributed by atoms with van der Waals surface area (Å²) in [7, 11) is 0. The first kappa shape index (κ1) is 14.4. The number of hydrogen-bond donors (Lipinski definition) is 1. The van der Waals surface area contributed by atoms with Crippen molar-refractivity contribution in [2.75, 3.05) is 11.0 Å². The fourth-order valence-corrected chi connectivity index (χ4v) is 2.43. The molecule has 0 amide bonds. The number of pyridine rings is 1. The van der Waals surface area contributed by atoms with Crippen LogP contribution < -0.4 is 5.32 Å². The second kappa shape index (κ2) is 9.36. The first-order valence-electron chi connectivity index (χ1n) is 5.69. The summed E-state index contributed by atoms with van der Waals surface area (Å²) in [5, 5.41) is 3.44. The maximum absolute atomic E-state index is 4.14. The topological polar surface area (TPSA) is 24.9 Å². The van der Waals surface area contributed by atoms with Gasteiger partial charge in [0.25, 0.3) is 0 Å². The van der Waals surface area contributed by atoms with Gasteiger partial charge in [-0.25, -0.2) is 0 Å². The summed E-state index contributed by atoms with van der Waals surface area (Å²) in [6, 6.07) is 2.11. The quantitative estimate of drug-likeness (QED) is 0.409. The van der Waals surface area contributed by atoms with Crippen LogP contribution in [-0.2, 0) is 6.54 Å². The van der Waals surface area contributed by atoms with Crippen LogP contribution >= 0.6 is 38.5 Å². The van der Waals surface area contributed by atoms with E-state index in [1.807, 2.05) is 12.4 Å². The highest BCUT2D eigenvalue weighted by Gasteiger charge is 1.94. The smallest absolute Gasteiger partial charge is 0.0410 e. The van der Waals surface area contributed by atoms with Crippen LogP contribution in [0, 0.1) is 0 Å². The molecule has 0 saturated carbocycles. The zero-order chi connectivity index (χ0) is 11.6. The summed E-state index contributed by atoms with van der Waals surface area (Å²) < 4.78 is 2.34. The number of nitrogens with zero attached hydrogens (tertiary/aromatic N) is 1. The third-order valence-corrected chi connectivity index (χ3v) is 3.52. The predicted octanol–water partition coefficient (Wildman–Crippen LogP) is 3.93. The van der Waals surface area contributed by atoms with Gasteiger partial charge in [0.05, 0.1) is 0 Å². The molecule has 0 bridgehead atoms. The van der Waals surface area contributed by atoms with E-state index in [0.717, 1.165) is 17.6 Å². The molecule has 0 atom stereocenters. The lowest BCUT2D eigenvalue weighted by molar-refractivity contribution is 0.600. The molecule has 90 valence electrons. The molecule has 1 N–H and O–H groups in total. The van der Waals surface area contributed by atoms with Crippen LogP contribution in [0.5, 0.6) is 0 Å². The highest BCUT2D eigenvalue weighted by molar-refractivity contribution is 14.1. The Morgan fingerprint density at radius 1 is 1.19 bits per heavy atom. The van der Waals surface area contributed by atoms with Crippen LogP contribution in [0.1, 0.15) is 31.2 Å². The molecular weight excluding hydrogens is 379 g/mol. The van der Waals surface area contributed by atoms with Crippen molar-refractivity contribution < 1.29 is 0 Å². The van der Waals surface area contributed by atoms with E-state index in [-0.39, 0.29) is 0 Å². The number of rotatable bonds is 8. The molecule has 0 saturated heterocycles. The lowest BCUT2D eigenvalue weighted by atomic mass is 10.2. The number of aromatic nitrogens is 1. The largest absolute Gasteiger partial charge is 0.313 e. The van der Waals surface area contributed by atoms with Crippen molar-refractivity contribution in [3.05, 3.63) is 28.5 Å². The number of alkyl halides is 1. The van der Waals surface area contributed by atoms with Crippen molar-refractivity contribution >= 4 is 38.5 Å². The molecule has 0 unspecified atom stereocenters. The Morgan fingerprint density at radius 2 is 2.00 bits per heavy atom. The number of unbranched alkanes of at least 4 members (excludes halogenated alkanes) is 3. The number of nitrogens with one attached hydrogen (secondary N) is 1. The summed E-state index contributed by atoms with van der Waals surface area (Å²) in [6.45, 7) is 2.02. The standard InChI is InChI=1S/C12H18BrIN2/c13-12-7-11(9-16-10-12)8-15-6-4-2-1-3-5-14/h7,9-10,15H,1-6,8H2. The predicted molar refractivity (Wildman–Crippen MR) is 81.0 cm³/mol. The number of halogens is 2. The minimum absolute atomic E-state index is 0.915. The summed E-state index contributed by atoms with van der Waals surface area (Å²) in [5.41, 5.74) is 1.24. The zero-order valence-corrected chi connectivity index (χ0v) is 13.1. The Bertz CT molecular complexity index is 294. The molecule has 1 aromatic heterocycles. The lowest BCUT2D eigenvalue weighted by Gasteiger charge is -2.04. The van der Waals surface area contributed by atoms with E-state index in [1.165, 1.54) is 35.7 Å². The van der Waals surface area contributed by atoms with E-state index in [0.29, 0.717) is 0 Å². The van der Waals surface area contributed by atoms with Crippen molar-refractivity contribution in [2.24, 2.45) is 0 Å².